The van der Waals surface area contributed by atoms with Gasteiger partial charge in [-0.15, -0.1) is 0 Å². The van der Waals surface area contributed by atoms with Crippen molar-refractivity contribution in [1.82, 2.24) is 0 Å². The van der Waals surface area contributed by atoms with Gasteiger partial charge in [0.2, 0.25) is 0 Å². The van der Waals surface area contributed by atoms with Crippen molar-refractivity contribution in [3.8, 4) is 0 Å². The van der Waals surface area contributed by atoms with Gasteiger partial charge in [0, 0.05) is 20.8 Å². The van der Waals surface area contributed by atoms with E-state index in [9.17, 15) is 14.4 Å². The predicted octanol–water partition coefficient (Wildman–Crippen LogP) is -3.34. The maximum absolute atomic E-state index is 10.4. The first kappa shape index (κ1) is 16.5. The Hall–Kier alpha value is 0.111. The van der Waals surface area contributed by atoms with Gasteiger partial charge in [0.1, 0.15) is 0 Å². The zero-order valence-corrected chi connectivity index (χ0v) is 11.6. The molecule has 8 heteroatoms. The molecule has 0 aliphatic carbocycles. The average molecular weight is 227 g/mol. The second-order valence-electron chi connectivity index (χ2n) is 2.12. The fraction of sp³-hybridized carbons (Fsp3) is 0.500. The van der Waals surface area contributed by atoms with Gasteiger partial charge in [-0.1, -0.05) is 0 Å². The van der Waals surface area contributed by atoms with Crippen LogP contribution in [0.3, 0.4) is 0 Å². The minimum Gasteiger partial charge on any atom is -0.642 e. The maximum atomic E-state index is 10.4. The molecular formula is C6H9BKO6. The summed E-state index contributed by atoms with van der Waals surface area (Å²) in [5, 5.41) is 0. The van der Waals surface area contributed by atoms with Crippen molar-refractivity contribution in [2.24, 2.45) is 0 Å². The zero-order valence-electron chi connectivity index (χ0n) is 8.53. The third kappa shape index (κ3) is 10.2. The number of rotatable bonds is 3. The molecule has 0 unspecified atom stereocenters. The summed E-state index contributed by atoms with van der Waals surface area (Å²) >= 11 is 0. The van der Waals surface area contributed by atoms with Gasteiger partial charge in [0.15, 0.2) is 0 Å². The quantitative estimate of drug-likeness (QED) is 0.469. The minimum absolute atomic E-state index is 0. The van der Waals surface area contributed by atoms with Gasteiger partial charge in [-0.25, -0.2) is 0 Å². The largest absolute Gasteiger partial charge is 1.00 e. The van der Waals surface area contributed by atoms with E-state index in [4.69, 9.17) is 0 Å². The molecule has 1 radical (unpaired) electrons. The summed E-state index contributed by atoms with van der Waals surface area (Å²) in [7, 11) is -1.59. The number of carbonyl (C=O) groups is 3. The Morgan fingerprint density at radius 2 is 1.00 bits per heavy atom. The maximum Gasteiger partial charge on any atom is 1.00 e. The molecule has 0 saturated carbocycles. The van der Waals surface area contributed by atoms with Crippen LogP contribution < -0.4 is 51.4 Å². The van der Waals surface area contributed by atoms with Gasteiger partial charge in [-0.3, -0.25) is 14.4 Å². The molecule has 6 nitrogen and oxygen atoms in total. The van der Waals surface area contributed by atoms with Crippen molar-refractivity contribution >= 4 is 25.2 Å². The van der Waals surface area contributed by atoms with Crippen LogP contribution >= 0.6 is 0 Å². The summed E-state index contributed by atoms with van der Waals surface area (Å²) in [6, 6.07) is 0. The van der Waals surface area contributed by atoms with E-state index in [1.54, 1.807) is 0 Å². The van der Waals surface area contributed by atoms with Crippen molar-refractivity contribution in [3.05, 3.63) is 0 Å². The second kappa shape index (κ2) is 8.42. The Bertz CT molecular complexity index is 192. The standard InChI is InChI=1S/C6H9BO6.K/c1-4(8)11-7(12-5(2)9)13-6(3)10;/h1-3H3;/q-1;+1. The first-order chi connectivity index (χ1) is 5.91. The first-order valence-electron chi connectivity index (χ1n) is 3.43. The number of hydrogen-bond donors (Lipinski definition) is 0. The molecule has 14 heavy (non-hydrogen) atoms. The van der Waals surface area contributed by atoms with Crippen molar-refractivity contribution in [2.75, 3.05) is 0 Å². The Morgan fingerprint density at radius 1 is 0.786 bits per heavy atom. The van der Waals surface area contributed by atoms with Crippen LogP contribution in [0.5, 0.6) is 0 Å². The molecule has 0 aromatic rings. The molecule has 0 saturated heterocycles. The third-order valence-corrected chi connectivity index (χ3v) is 0.787. The topological polar surface area (TPSA) is 78.9 Å². The van der Waals surface area contributed by atoms with E-state index in [0.29, 0.717) is 0 Å². The molecule has 0 atom stereocenters. The van der Waals surface area contributed by atoms with Crippen LogP contribution in [-0.4, -0.2) is 25.2 Å². The van der Waals surface area contributed by atoms with Crippen LogP contribution in [-0.2, 0) is 28.3 Å². The Morgan fingerprint density at radius 3 is 1.14 bits per heavy atom. The van der Waals surface area contributed by atoms with E-state index in [2.05, 4.69) is 14.0 Å². The van der Waals surface area contributed by atoms with Crippen LogP contribution in [0.4, 0.5) is 0 Å². The van der Waals surface area contributed by atoms with E-state index in [1.807, 2.05) is 0 Å². The van der Waals surface area contributed by atoms with E-state index < -0.39 is 25.2 Å². The Balaban J connectivity index is 0. The molecule has 73 valence electrons. The molecule has 0 N–H and O–H groups in total. The summed E-state index contributed by atoms with van der Waals surface area (Å²) in [6.45, 7) is 3.29. The summed E-state index contributed by atoms with van der Waals surface area (Å²) in [5.41, 5.74) is 0. The Kier molecular flexibility index (Phi) is 9.95. The molecular weight excluding hydrogens is 218 g/mol. The van der Waals surface area contributed by atoms with Crippen LogP contribution in [0.15, 0.2) is 0 Å². The normalized spacial score (nSPS) is 8.57. The van der Waals surface area contributed by atoms with Gasteiger partial charge in [-0.2, -0.15) is 0 Å². The number of carbonyl (C=O) groups excluding carboxylic acids is 3. The first-order valence-corrected chi connectivity index (χ1v) is 3.43. The molecule has 0 bridgehead atoms. The zero-order chi connectivity index (χ0) is 10.4. The van der Waals surface area contributed by atoms with E-state index in [1.165, 1.54) is 0 Å². The van der Waals surface area contributed by atoms with Crippen molar-refractivity contribution in [3.63, 3.8) is 0 Å². The second-order valence-corrected chi connectivity index (χ2v) is 2.12. The molecule has 0 rings (SSSR count). The predicted molar refractivity (Wildman–Crippen MR) is 41.1 cm³/mol. The molecule has 0 aromatic carbocycles. The summed E-state index contributed by atoms with van der Waals surface area (Å²) in [5.74, 6) is -2.15. The van der Waals surface area contributed by atoms with Gasteiger partial charge in [0.25, 0.3) is 17.9 Å². The number of hydrogen-bond acceptors (Lipinski definition) is 6. The van der Waals surface area contributed by atoms with Crippen molar-refractivity contribution in [2.45, 2.75) is 20.8 Å². The monoisotopic (exact) mass is 227 g/mol. The molecule has 0 aliphatic heterocycles. The van der Waals surface area contributed by atoms with E-state index in [-0.39, 0.29) is 51.4 Å². The fourth-order valence-corrected chi connectivity index (χ4v) is 0.479. The van der Waals surface area contributed by atoms with Gasteiger partial charge in [-0.05, 0) is 0 Å². The molecule has 0 amide bonds. The summed E-state index contributed by atoms with van der Waals surface area (Å²) in [4.78, 5) is 31.2. The van der Waals surface area contributed by atoms with Crippen LogP contribution in [0.1, 0.15) is 20.8 Å². The summed E-state index contributed by atoms with van der Waals surface area (Å²) in [6.07, 6.45) is 0. The molecule has 0 heterocycles. The smallest absolute Gasteiger partial charge is 0.642 e. The van der Waals surface area contributed by atoms with Gasteiger partial charge in [0.05, 0.1) is 0 Å². The van der Waals surface area contributed by atoms with E-state index >= 15 is 0 Å². The van der Waals surface area contributed by atoms with Crippen LogP contribution in [0, 0.1) is 0 Å². The van der Waals surface area contributed by atoms with Crippen molar-refractivity contribution < 1.29 is 79.7 Å². The Labute approximate surface area is 124 Å². The van der Waals surface area contributed by atoms with Gasteiger partial charge < -0.3 is 14.0 Å². The fourth-order valence-electron chi connectivity index (χ4n) is 0.479. The SMILES string of the molecule is CC(=O)O[B-](OC(C)=O)OC(C)=O.[K+]. The molecule has 0 aliphatic rings. The van der Waals surface area contributed by atoms with Crippen LogP contribution in [0.2, 0.25) is 0 Å². The van der Waals surface area contributed by atoms with Gasteiger partial charge >= 0.3 is 58.7 Å². The molecule has 0 spiro atoms. The van der Waals surface area contributed by atoms with Crippen molar-refractivity contribution in [1.29, 1.82) is 0 Å². The van der Waals surface area contributed by atoms with E-state index in [0.717, 1.165) is 20.8 Å². The molecule has 0 aromatic heterocycles. The summed E-state index contributed by atoms with van der Waals surface area (Å²) < 4.78 is 13.0. The minimum atomic E-state index is -1.59. The average Bonchev–Trinajstić information content (AvgIpc) is 1.80. The molecule has 0 fully saturated rings. The van der Waals surface area contributed by atoms with Crippen LogP contribution in [0.25, 0.3) is 0 Å². The third-order valence-electron chi connectivity index (χ3n) is 0.787.